The first-order chi connectivity index (χ1) is 12.4. The summed E-state index contributed by atoms with van der Waals surface area (Å²) in [7, 11) is -3.53. The van der Waals surface area contributed by atoms with Crippen molar-refractivity contribution in [3.8, 4) is 0 Å². The van der Waals surface area contributed by atoms with Crippen LogP contribution in [0.25, 0.3) is 0 Å². The second-order valence-electron chi connectivity index (χ2n) is 7.33. The maximum atomic E-state index is 12.8. The molecule has 2 heterocycles. The Balaban J connectivity index is 1.61. The first-order valence-corrected chi connectivity index (χ1v) is 10.5. The van der Waals surface area contributed by atoms with Crippen LogP contribution in [0.2, 0.25) is 0 Å². The smallest absolute Gasteiger partial charge is 0.317 e. The largest absolute Gasteiger partial charge is 0.369 e. The third kappa shape index (κ3) is 4.36. The molecule has 3 rings (SSSR count). The van der Waals surface area contributed by atoms with Gasteiger partial charge in [-0.3, -0.25) is 0 Å². The maximum Gasteiger partial charge on any atom is 0.317 e. The van der Waals surface area contributed by atoms with Gasteiger partial charge in [-0.25, -0.2) is 13.2 Å². The van der Waals surface area contributed by atoms with Crippen LogP contribution in [0.5, 0.6) is 0 Å². The molecule has 1 aromatic carbocycles. The predicted octanol–water partition coefficient (Wildman–Crippen LogP) is 1.52. The van der Waals surface area contributed by atoms with Crippen LogP contribution in [-0.2, 0) is 14.8 Å². The molecule has 2 fully saturated rings. The molecule has 0 radical (unpaired) electrons. The fourth-order valence-corrected chi connectivity index (χ4v) is 4.86. The van der Waals surface area contributed by atoms with E-state index in [1.165, 1.54) is 4.31 Å². The number of nitrogens with one attached hydrogen (secondary N) is 1. The van der Waals surface area contributed by atoms with E-state index in [9.17, 15) is 13.2 Å². The number of fused-ring (bicyclic) bond motifs is 2. The van der Waals surface area contributed by atoms with Crippen LogP contribution >= 0.6 is 0 Å². The average Bonchev–Trinajstić information content (AvgIpc) is 2.61. The van der Waals surface area contributed by atoms with Crippen LogP contribution in [0, 0.1) is 5.92 Å². The summed E-state index contributed by atoms with van der Waals surface area (Å²) in [5.74, 6) is 0.538. The van der Waals surface area contributed by atoms with Crippen LogP contribution in [0.4, 0.5) is 4.79 Å². The highest BCUT2D eigenvalue weighted by molar-refractivity contribution is 7.89. The van der Waals surface area contributed by atoms with Crippen molar-refractivity contribution in [1.29, 1.82) is 0 Å². The molecule has 2 aliphatic heterocycles. The number of sulfonamides is 1. The number of benzene rings is 1. The summed E-state index contributed by atoms with van der Waals surface area (Å²) in [4.78, 5) is 14.4. The Labute approximate surface area is 155 Å². The van der Waals surface area contributed by atoms with Crippen LogP contribution in [0.1, 0.15) is 20.3 Å². The van der Waals surface area contributed by atoms with E-state index in [4.69, 9.17) is 4.74 Å². The number of urea groups is 1. The third-order valence-corrected chi connectivity index (χ3v) is 6.56. The van der Waals surface area contributed by atoms with E-state index in [1.807, 2.05) is 0 Å². The number of hydrogen-bond donors (Lipinski definition) is 1. The van der Waals surface area contributed by atoms with Crippen molar-refractivity contribution in [1.82, 2.24) is 14.5 Å². The first kappa shape index (κ1) is 19.1. The van der Waals surface area contributed by atoms with Crippen molar-refractivity contribution in [2.45, 2.75) is 37.4 Å². The Bertz CT molecular complexity index is 709. The molecule has 0 aromatic heterocycles. The zero-order valence-electron chi connectivity index (χ0n) is 15.3. The maximum absolute atomic E-state index is 12.8. The lowest BCUT2D eigenvalue weighted by molar-refractivity contribution is -0.111. The number of ether oxygens (including phenoxy) is 1. The van der Waals surface area contributed by atoms with Crippen molar-refractivity contribution in [2.24, 2.45) is 5.92 Å². The highest BCUT2D eigenvalue weighted by Crippen LogP contribution is 2.24. The molecule has 0 spiro atoms. The van der Waals surface area contributed by atoms with Gasteiger partial charge in [0.2, 0.25) is 10.0 Å². The molecule has 8 heteroatoms. The van der Waals surface area contributed by atoms with E-state index in [0.717, 1.165) is 6.42 Å². The lowest BCUT2D eigenvalue weighted by Gasteiger charge is -2.45. The van der Waals surface area contributed by atoms with E-state index in [-0.39, 0.29) is 31.3 Å². The Morgan fingerprint density at radius 1 is 1.15 bits per heavy atom. The average molecular weight is 381 g/mol. The highest BCUT2D eigenvalue weighted by Gasteiger charge is 2.41. The van der Waals surface area contributed by atoms with Gasteiger partial charge in [0.25, 0.3) is 0 Å². The fraction of sp³-hybridized carbons (Fsp3) is 0.611. The molecule has 1 aromatic rings. The molecule has 26 heavy (non-hydrogen) atoms. The highest BCUT2D eigenvalue weighted by atomic mass is 32.2. The summed E-state index contributed by atoms with van der Waals surface area (Å²) < 4.78 is 33.0. The van der Waals surface area contributed by atoms with Gasteiger partial charge in [0, 0.05) is 19.6 Å². The Morgan fingerprint density at radius 3 is 2.35 bits per heavy atom. The van der Waals surface area contributed by atoms with Crippen LogP contribution in [0.15, 0.2) is 35.2 Å². The van der Waals surface area contributed by atoms with Crippen molar-refractivity contribution in [3.05, 3.63) is 30.3 Å². The number of carbonyl (C=O) groups is 1. The topological polar surface area (TPSA) is 79.0 Å². The SMILES string of the molecule is CC(C)CCNC(=O)N1C[C@@H]2CN(S(=O)(=O)c3ccccc3)C[C@H](C1)O2. The summed E-state index contributed by atoms with van der Waals surface area (Å²) in [6.45, 7) is 6.24. The molecule has 0 saturated carbocycles. The zero-order chi connectivity index (χ0) is 18.7. The number of nitrogens with zero attached hydrogens (tertiary/aromatic N) is 2. The fourth-order valence-electron chi connectivity index (χ4n) is 3.34. The van der Waals surface area contributed by atoms with Gasteiger partial charge in [0.15, 0.2) is 0 Å². The lowest BCUT2D eigenvalue weighted by Crippen LogP contribution is -2.62. The molecule has 0 unspecified atom stereocenters. The summed E-state index contributed by atoms with van der Waals surface area (Å²) in [5, 5.41) is 2.94. The minimum absolute atomic E-state index is 0.0942. The second-order valence-corrected chi connectivity index (χ2v) is 9.27. The molecular formula is C18H27N3O4S. The van der Waals surface area contributed by atoms with Gasteiger partial charge in [-0.1, -0.05) is 32.0 Å². The van der Waals surface area contributed by atoms with Crippen LogP contribution < -0.4 is 5.32 Å². The molecule has 2 amide bonds. The zero-order valence-corrected chi connectivity index (χ0v) is 16.1. The van der Waals surface area contributed by atoms with Gasteiger partial charge in [-0.05, 0) is 24.5 Å². The molecule has 0 aliphatic carbocycles. The van der Waals surface area contributed by atoms with E-state index in [1.54, 1.807) is 35.2 Å². The molecular weight excluding hydrogens is 354 g/mol. The van der Waals surface area contributed by atoms with Crippen molar-refractivity contribution < 1.29 is 17.9 Å². The summed E-state index contributed by atoms with van der Waals surface area (Å²) in [5.41, 5.74) is 0. The molecule has 2 atom stereocenters. The van der Waals surface area contributed by atoms with Gasteiger partial charge in [-0.2, -0.15) is 4.31 Å². The molecule has 1 N–H and O–H groups in total. The molecule has 2 bridgehead atoms. The number of hydrogen-bond acceptors (Lipinski definition) is 4. The van der Waals surface area contributed by atoms with E-state index in [0.29, 0.717) is 30.4 Å². The van der Waals surface area contributed by atoms with Crippen LogP contribution in [-0.4, -0.2) is 68.6 Å². The third-order valence-electron chi connectivity index (χ3n) is 4.71. The summed E-state index contributed by atoms with van der Waals surface area (Å²) in [6.07, 6.45) is 0.347. The number of morpholine rings is 2. The molecule has 144 valence electrons. The second kappa shape index (κ2) is 7.94. The minimum atomic E-state index is -3.53. The standard InChI is InChI=1S/C18H27N3O4S/c1-14(2)8-9-19-18(22)20-10-15-12-21(13-16(11-20)25-15)26(23,24)17-6-4-3-5-7-17/h3-7,14-16H,8-13H2,1-2H3,(H,19,22)/t15-,16+. The first-order valence-electron chi connectivity index (χ1n) is 9.09. The molecule has 2 aliphatic rings. The Morgan fingerprint density at radius 2 is 1.77 bits per heavy atom. The van der Waals surface area contributed by atoms with E-state index < -0.39 is 10.0 Å². The van der Waals surface area contributed by atoms with Gasteiger partial charge in [0.05, 0.1) is 30.2 Å². The van der Waals surface area contributed by atoms with E-state index >= 15 is 0 Å². The number of carbonyl (C=O) groups excluding carboxylic acids is 1. The summed E-state index contributed by atoms with van der Waals surface area (Å²) in [6, 6.07) is 8.35. The minimum Gasteiger partial charge on any atom is -0.369 e. The number of rotatable bonds is 5. The normalized spacial score (nSPS) is 23.9. The monoisotopic (exact) mass is 381 g/mol. The van der Waals surface area contributed by atoms with Crippen LogP contribution in [0.3, 0.4) is 0 Å². The quantitative estimate of drug-likeness (QED) is 0.839. The molecule has 2 saturated heterocycles. The van der Waals surface area contributed by atoms with Crippen molar-refractivity contribution >= 4 is 16.1 Å². The van der Waals surface area contributed by atoms with Crippen molar-refractivity contribution in [2.75, 3.05) is 32.7 Å². The Hall–Kier alpha value is -1.64. The van der Waals surface area contributed by atoms with Gasteiger partial charge >= 0.3 is 6.03 Å². The van der Waals surface area contributed by atoms with Crippen molar-refractivity contribution in [3.63, 3.8) is 0 Å². The summed E-state index contributed by atoms with van der Waals surface area (Å²) >= 11 is 0. The Kier molecular flexibility index (Phi) is 5.84. The molecule has 7 nitrogen and oxygen atoms in total. The van der Waals surface area contributed by atoms with Gasteiger partial charge in [-0.15, -0.1) is 0 Å². The van der Waals surface area contributed by atoms with Gasteiger partial charge in [0.1, 0.15) is 0 Å². The lowest BCUT2D eigenvalue weighted by atomic mass is 10.1. The predicted molar refractivity (Wildman–Crippen MR) is 98.3 cm³/mol. The van der Waals surface area contributed by atoms with Gasteiger partial charge < -0.3 is 15.0 Å². The number of amides is 2. The van der Waals surface area contributed by atoms with E-state index in [2.05, 4.69) is 19.2 Å².